The molecular formula is C13H12BrClN4O2. The van der Waals surface area contributed by atoms with Crippen molar-refractivity contribution in [2.75, 3.05) is 0 Å². The van der Waals surface area contributed by atoms with Crippen LogP contribution in [0.15, 0.2) is 22.7 Å². The van der Waals surface area contributed by atoms with E-state index in [2.05, 4.69) is 31.5 Å². The van der Waals surface area contributed by atoms with Crippen LogP contribution in [0.3, 0.4) is 0 Å². The van der Waals surface area contributed by atoms with Crippen molar-refractivity contribution in [3.63, 3.8) is 0 Å². The molecule has 0 radical (unpaired) electrons. The van der Waals surface area contributed by atoms with Crippen molar-refractivity contribution in [2.24, 2.45) is 5.92 Å². The van der Waals surface area contributed by atoms with Gasteiger partial charge in [-0.3, -0.25) is 4.79 Å². The molecule has 1 N–H and O–H groups in total. The molecule has 0 aliphatic heterocycles. The lowest BCUT2D eigenvalue weighted by molar-refractivity contribution is -0.138. The zero-order valence-corrected chi connectivity index (χ0v) is 13.3. The van der Waals surface area contributed by atoms with Crippen LogP contribution in [0.2, 0.25) is 5.02 Å². The highest BCUT2D eigenvalue weighted by molar-refractivity contribution is 9.10. The van der Waals surface area contributed by atoms with Crippen LogP contribution in [-0.2, 0) is 4.79 Å². The van der Waals surface area contributed by atoms with E-state index in [0.717, 1.165) is 22.9 Å². The first kappa shape index (κ1) is 14.5. The molecule has 1 heterocycles. The average molecular weight is 372 g/mol. The molecule has 0 bridgehead atoms. The Kier molecular flexibility index (Phi) is 3.95. The van der Waals surface area contributed by atoms with Crippen LogP contribution >= 0.6 is 27.5 Å². The highest BCUT2D eigenvalue weighted by atomic mass is 79.9. The van der Waals surface area contributed by atoms with Crippen molar-refractivity contribution in [3.8, 4) is 11.4 Å². The lowest BCUT2D eigenvalue weighted by Gasteiger charge is -2.16. The molecule has 1 unspecified atom stereocenters. The third kappa shape index (κ3) is 3.08. The second kappa shape index (κ2) is 5.73. The van der Waals surface area contributed by atoms with Crippen molar-refractivity contribution in [2.45, 2.75) is 25.3 Å². The van der Waals surface area contributed by atoms with Crippen molar-refractivity contribution < 1.29 is 9.90 Å². The number of aromatic nitrogens is 4. The fourth-order valence-corrected chi connectivity index (χ4v) is 3.24. The Balaban J connectivity index is 2.01. The van der Waals surface area contributed by atoms with E-state index in [1.807, 2.05) is 6.07 Å². The first-order chi connectivity index (χ1) is 10.1. The minimum atomic E-state index is -0.844. The number of tetrazole rings is 1. The zero-order valence-electron chi connectivity index (χ0n) is 10.9. The van der Waals surface area contributed by atoms with Gasteiger partial charge in [-0.05, 0) is 63.3 Å². The van der Waals surface area contributed by atoms with E-state index in [9.17, 15) is 4.79 Å². The summed E-state index contributed by atoms with van der Waals surface area (Å²) in [4.78, 5) is 11.1. The quantitative estimate of drug-likeness (QED) is 0.873. The summed E-state index contributed by atoms with van der Waals surface area (Å²) >= 11 is 9.39. The summed E-state index contributed by atoms with van der Waals surface area (Å²) in [6.07, 6.45) is 2.05. The van der Waals surface area contributed by atoms with Crippen LogP contribution in [0.25, 0.3) is 11.4 Å². The Morgan fingerprint density at radius 2 is 2.29 bits per heavy atom. The Labute approximate surface area is 134 Å². The smallest absolute Gasteiger partial charge is 0.305 e. The van der Waals surface area contributed by atoms with Gasteiger partial charge < -0.3 is 5.11 Å². The van der Waals surface area contributed by atoms with E-state index in [1.165, 1.54) is 0 Å². The van der Waals surface area contributed by atoms with Crippen LogP contribution in [0.4, 0.5) is 0 Å². The predicted molar refractivity (Wildman–Crippen MR) is 80.0 cm³/mol. The van der Waals surface area contributed by atoms with Gasteiger partial charge >= 0.3 is 5.97 Å². The summed E-state index contributed by atoms with van der Waals surface area (Å²) in [5.41, 5.74) is 0.792. The molecule has 1 saturated carbocycles. The van der Waals surface area contributed by atoms with Gasteiger partial charge in [-0.2, -0.15) is 0 Å². The molecule has 8 heteroatoms. The fraction of sp³-hybridized carbons (Fsp3) is 0.385. The maximum Gasteiger partial charge on any atom is 0.305 e. The number of hydrogen-bond donors (Lipinski definition) is 1. The molecule has 0 amide bonds. The number of hydrogen-bond acceptors (Lipinski definition) is 4. The van der Waals surface area contributed by atoms with E-state index in [1.54, 1.807) is 16.8 Å². The lowest BCUT2D eigenvalue weighted by Crippen LogP contribution is -2.18. The third-order valence-corrected chi connectivity index (χ3v) is 4.42. The fourth-order valence-electron chi connectivity index (χ4n) is 2.38. The molecule has 6 nitrogen and oxygen atoms in total. The molecular weight excluding hydrogens is 360 g/mol. The Morgan fingerprint density at radius 1 is 1.52 bits per heavy atom. The number of nitrogens with zero attached hydrogens (tertiary/aromatic N) is 4. The second-order valence-electron chi connectivity index (χ2n) is 5.07. The number of carboxylic acids is 1. The molecule has 3 rings (SSSR count). The molecule has 0 spiro atoms. The van der Waals surface area contributed by atoms with Crippen LogP contribution in [-0.4, -0.2) is 31.3 Å². The highest BCUT2D eigenvalue weighted by Gasteiger charge is 2.36. The molecule has 1 aromatic heterocycles. The number of aliphatic carboxylic acids is 1. The summed E-state index contributed by atoms with van der Waals surface area (Å²) < 4.78 is 2.40. The number of carboxylic acid groups (broad SMARTS) is 1. The molecule has 1 fully saturated rings. The summed E-state index contributed by atoms with van der Waals surface area (Å²) in [7, 11) is 0. The van der Waals surface area contributed by atoms with Gasteiger partial charge in [0, 0.05) is 15.1 Å². The van der Waals surface area contributed by atoms with E-state index in [0.29, 0.717) is 16.8 Å². The minimum absolute atomic E-state index is 0.0217. The van der Waals surface area contributed by atoms with Gasteiger partial charge in [-0.15, -0.1) is 5.10 Å². The molecule has 2 aromatic rings. The maximum absolute atomic E-state index is 11.1. The number of carbonyl (C=O) groups is 1. The van der Waals surface area contributed by atoms with E-state index in [4.69, 9.17) is 16.7 Å². The summed E-state index contributed by atoms with van der Waals surface area (Å²) in [6.45, 7) is 0. The van der Waals surface area contributed by atoms with Crippen molar-refractivity contribution in [1.82, 2.24) is 20.2 Å². The first-order valence-electron chi connectivity index (χ1n) is 6.51. The Bertz CT molecular complexity index is 687. The van der Waals surface area contributed by atoms with Crippen LogP contribution in [0, 0.1) is 5.92 Å². The largest absolute Gasteiger partial charge is 0.481 e. The SMILES string of the molecule is O=C(O)CC(C1CC1)n1nnnc1-c1ccc(Cl)cc1Br. The topological polar surface area (TPSA) is 80.9 Å². The summed E-state index contributed by atoms with van der Waals surface area (Å²) in [5.74, 6) is 0.0367. The molecule has 1 aliphatic rings. The van der Waals surface area contributed by atoms with Gasteiger partial charge in [0.25, 0.3) is 0 Å². The Hall–Kier alpha value is -1.47. The van der Waals surface area contributed by atoms with E-state index < -0.39 is 5.97 Å². The molecule has 1 aliphatic carbocycles. The van der Waals surface area contributed by atoms with Crippen LogP contribution in [0.5, 0.6) is 0 Å². The van der Waals surface area contributed by atoms with Gasteiger partial charge in [0.05, 0.1) is 12.5 Å². The van der Waals surface area contributed by atoms with Crippen LogP contribution in [0.1, 0.15) is 25.3 Å². The van der Waals surface area contributed by atoms with Crippen molar-refractivity contribution >= 4 is 33.5 Å². The zero-order chi connectivity index (χ0) is 15.0. The molecule has 1 aromatic carbocycles. The van der Waals surface area contributed by atoms with Crippen molar-refractivity contribution in [3.05, 3.63) is 27.7 Å². The molecule has 0 saturated heterocycles. The normalized spacial score (nSPS) is 15.9. The van der Waals surface area contributed by atoms with E-state index in [-0.39, 0.29) is 12.5 Å². The molecule has 110 valence electrons. The number of halogens is 2. The van der Waals surface area contributed by atoms with Crippen molar-refractivity contribution in [1.29, 1.82) is 0 Å². The third-order valence-electron chi connectivity index (χ3n) is 3.53. The molecule has 21 heavy (non-hydrogen) atoms. The molecule has 1 atom stereocenters. The van der Waals surface area contributed by atoms with Gasteiger partial charge in [0.1, 0.15) is 0 Å². The van der Waals surface area contributed by atoms with E-state index >= 15 is 0 Å². The number of benzene rings is 1. The first-order valence-corrected chi connectivity index (χ1v) is 7.68. The standard InChI is InChI=1S/C13H12BrClN4O2/c14-10-5-8(15)3-4-9(10)13-16-17-18-19(13)11(6-12(20)21)7-1-2-7/h3-5,7,11H,1-2,6H2,(H,20,21). The van der Waals surface area contributed by atoms with Gasteiger partial charge in [-0.25, -0.2) is 4.68 Å². The van der Waals surface area contributed by atoms with Gasteiger partial charge in [0.15, 0.2) is 5.82 Å². The lowest BCUT2D eigenvalue weighted by atomic mass is 10.1. The second-order valence-corrected chi connectivity index (χ2v) is 6.36. The Morgan fingerprint density at radius 3 is 2.90 bits per heavy atom. The van der Waals surface area contributed by atoms with Crippen LogP contribution < -0.4 is 0 Å². The predicted octanol–water partition coefficient (Wildman–Crippen LogP) is 3.18. The summed E-state index contributed by atoms with van der Waals surface area (Å²) in [6, 6.07) is 5.12. The van der Waals surface area contributed by atoms with Gasteiger partial charge in [-0.1, -0.05) is 11.6 Å². The monoisotopic (exact) mass is 370 g/mol. The number of rotatable bonds is 5. The highest BCUT2D eigenvalue weighted by Crippen LogP contribution is 2.43. The minimum Gasteiger partial charge on any atom is -0.481 e. The van der Waals surface area contributed by atoms with Gasteiger partial charge in [0.2, 0.25) is 0 Å². The maximum atomic E-state index is 11.1. The summed E-state index contributed by atoms with van der Waals surface area (Å²) in [5, 5.41) is 21.5. The average Bonchev–Trinajstić information content (AvgIpc) is 3.14.